The van der Waals surface area contributed by atoms with Crippen LogP contribution in [0.15, 0.2) is 48.0 Å². The normalized spacial score (nSPS) is 19.0. The number of hydrogen-bond donors (Lipinski definition) is 0. The molecule has 1 fully saturated rings. The van der Waals surface area contributed by atoms with Gasteiger partial charge in [0.05, 0.1) is 23.1 Å². The first-order chi connectivity index (χ1) is 16.6. The Kier molecular flexibility index (Phi) is 7.58. The minimum absolute atomic E-state index is 0.0290. The molecule has 194 valence electrons. The van der Waals surface area contributed by atoms with Crippen molar-refractivity contribution in [3.8, 4) is 11.1 Å². The second-order valence-corrected chi connectivity index (χ2v) is 8.61. The molecule has 0 spiro atoms. The van der Waals surface area contributed by atoms with Crippen molar-refractivity contribution in [1.82, 2.24) is 4.90 Å². The zero-order valence-corrected chi connectivity index (χ0v) is 19.5. The van der Waals surface area contributed by atoms with Gasteiger partial charge in [0.15, 0.2) is 0 Å². The summed E-state index contributed by atoms with van der Waals surface area (Å²) in [6.45, 7) is 1.97. The first kappa shape index (κ1) is 27.3. The summed E-state index contributed by atoms with van der Waals surface area (Å²) >= 11 is 6.19. The van der Waals surface area contributed by atoms with Crippen LogP contribution >= 0.6 is 11.6 Å². The van der Waals surface area contributed by atoms with Crippen LogP contribution in [0, 0.1) is 10.1 Å². The van der Waals surface area contributed by atoms with Gasteiger partial charge >= 0.3 is 18.4 Å². The predicted octanol–water partition coefficient (Wildman–Crippen LogP) is 7.54. The Hall–Kier alpha value is -3.28. The number of halogens is 7. The lowest BCUT2D eigenvalue weighted by molar-refractivity contribution is -0.384. The van der Waals surface area contributed by atoms with E-state index < -0.39 is 53.2 Å². The van der Waals surface area contributed by atoms with E-state index in [1.807, 2.05) is 0 Å². The maximum atomic E-state index is 13.4. The topological polar surface area (TPSA) is 72.7 Å². The molecule has 1 aliphatic rings. The Bertz CT molecular complexity index is 1210. The number of nitrogens with zero attached hydrogens (tertiary/aromatic N) is 2. The van der Waals surface area contributed by atoms with E-state index in [9.17, 15) is 41.3 Å². The van der Waals surface area contributed by atoms with Crippen LogP contribution in [-0.4, -0.2) is 34.2 Å². The van der Waals surface area contributed by atoms with Crippen LogP contribution in [0.3, 0.4) is 0 Å². The van der Waals surface area contributed by atoms with E-state index in [2.05, 4.69) is 0 Å². The number of carbonyl (C=O) groups is 1. The lowest BCUT2D eigenvalue weighted by Crippen LogP contribution is -2.33. The Morgan fingerprint density at radius 1 is 1.14 bits per heavy atom. The molecular weight excluding hydrogens is 518 g/mol. The molecule has 0 bridgehead atoms. The highest BCUT2D eigenvalue weighted by Gasteiger charge is 2.40. The molecule has 2 unspecified atom stereocenters. The lowest BCUT2D eigenvalue weighted by atomic mass is 9.96. The SMILES string of the molecule is C/C(=C\CC1OC(=O)N(Cc2cc(C(F)(F)F)ccc2-c2cc([N+](=O)[O-])ccc2Cl)C1C)C(F)(F)F. The van der Waals surface area contributed by atoms with Crippen LogP contribution < -0.4 is 0 Å². The van der Waals surface area contributed by atoms with E-state index in [0.717, 1.165) is 48.2 Å². The minimum atomic E-state index is -4.72. The molecule has 2 atom stereocenters. The number of benzene rings is 2. The third kappa shape index (κ3) is 5.92. The quantitative estimate of drug-likeness (QED) is 0.165. The van der Waals surface area contributed by atoms with Gasteiger partial charge < -0.3 is 4.74 Å². The maximum absolute atomic E-state index is 13.4. The molecule has 3 rings (SSSR count). The van der Waals surface area contributed by atoms with E-state index in [-0.39, 0.29) is 33.8 Å². The Balaban J connectivity index is 2.00. The molecule has 1 aliphatic heterocycles. The Morgan fingerprint density at radius 3 is 2.39 bits per heavy atom. The summed E-state index contributed by atoms with van der Waals surface area (Å²) in [7, 11) is 0. The van der Waals surface area contributed by atoms with Gasteiger partial charge in [-0.1, -0.05) is 23.7 Å². The summed E-state index contributed by atoms with van der Waals surface area (Å²) in [6, 6.07) is 5.37. The van der Waals surface area contributed by atoms with Gasteiger partial charge in [-0.3, -0.25) is 15.0 Å². The van der Waals surface area contributed by atoms with Crippen molar-refractivity contribution in [1.29, 1.82) is 0 Å². The van der Waals surface area contributed by atoms with Crippen molar-refractivity contribution in [2.24, 2.45) is 0 Å². The van der Waals surface area contributed by atoms with Crippen LogP contribution in [0.5, 0.6) is 0 Å². The van der Waals surface area contributed by atoms with Crippen molar-refractivity contribution in [2.75, 3.05) is 0 Å². The summed E-state index contributed by atoms with van der Waals surface area (Å²) in [6.07, 6.45) is -10.5. The van der Waals surface area contributed by atoms with Gasteiger partial charge in [-0.2, -0.15) is 26.3 Å². The van der Waals surface area contributed by atoms with Gasteiger partial charge in [0, 0.05) is 34.7 Å². The van der Waals surface area contributed by atoms with Gasteiger partial charge in [-0.25, -0.2) is 4.79 Å². The van der Waals surface area contributed by atoms with Crippen LogP contribution in [0.25, 0.3) is 11.1 Å². The van der Waals surface area contributed by atoms with E-state index in [1.165, 1.54) is 13.0 Å². The summed E-state index contributed by atoms with van der Waals surface area (Å²) in [5.41, 5.74) is -2.07. The molecule has 6 nitrogen and oxygen atoms in total. The van der Waals surface area contributed by atoms with Crippen LogP contribution in [-0.2, 0) is 17.5 Å². The largest absolute Gasteiger partial charge is 0.444 e. The number of nitro groups is 1. The Morgan fingerprint density at radius 2 is 1.81 bits per heavy atom. The highest BCUT2D eigenvalue weighted by molar-refractivity contribution is 6.33. The molecule has 0 radical (unpaired) electrons. The number of non-ortho nitro benzene ring substituents is 1. The van der Waals surface area contributed by atoms with Crippen LogP contribution in [0.2, 0.25) is 5.02 Å². The van der Waals surface area contributed by atoms with Crippen molar-refractivity contribution in [3.05, 3.63) is 74.3 Å². The van der Waals surface area contributed by atoms with Gasteiger partial charge in [0.2, 0.25) is 0 Å². The summed E-state index contributed by atoms with van der Waals surface area (Å²) in [5.74, 6) is 0. The highest BCUT2D eigenvalue weighted by Crippen LogP contribution is 2.39. The van der Waals surface area contributed by atoms with E-state index in [1.54, 1.807) is 0 Å². The lowest BCUT2D eigenvalue weighted by Gasteiger charge is -2.23. The number of nitro benzene ring substituents is 1. The van der Waals surface area contributed by atoms with Gasteiger partial charge in [0.25, 0.3) is 5.69 Å². The van der Waals surface area contributed by atoms with Gasteiger partial charge in [-0.15, -0.1) is 0 Å². The molecule has 0 aliphatic carbocycles. The minimum Gasteiger partial charge on any atom is -0.444 e. The third-order valence-corrected chi connectivity index (χ3v) is 6.17. The smallest absolute Gasteiger partial charge is 0.416 e. The zero-order valence-electron chi connectivity index (χ0n) is 18.8. The van der Waals surface area contributed by atoms with Gasteiger partial charge in [-0.05, 0) is 43.2 Å². The molecule has 2 aromatic rings. The first-order valence-corrected chi connectivity index (χ1v) is 10.8. The fourth-order valence-electron chi connectivity index (χ4n) is 3.71. The van der Waals surface area contributed by atoms with Gasteiger partial charge in [0.1, 0.15) is 6.10 Å². The van der Waals surface area contributed by atoms with Crippen molar-refractivity contribution < 1.29 is 40.8 Å². The fraction of sp³-hybridized carbons (Fsp3) is 0.348. The second kappa shape index (κ2) is 10.00. The summed E-state index contributed by atoms with van der Waals surface area (Å²) in [5, 5.41) is 11.2. The number of allylic oxidation sites excluding steroid dienone is 1. The first-order valence-electron chi connectivity index (χ1n) is 10.4. The average molecular weight is 537 g/mol. The molecular formula is C23H19ClF6N2O4. The molecule has 0 N–H and O–H groups in total. The standard InChI is InChI=1S/C23H19ClF6N2O4/c1-12(22(25,26)27)3-8-20-13(2)31(21(33)36-20)11-14-9-15(23(28,29)30)4-6-17(14)18-10-16(32(34)35)5-7-19(18)24/h3-7,9-10,13,20H,8,11H2,1-2H3/b12-3+. The van der Waals surface area contributed by atoms with Crippen LogP contribution in [0.4, 0.5) is 36.8 Å². The number of ether oxygens (including phenoxy) is 1. The second-order valence-electron chi connectivity index (χ2n) is 8.20. The number of amides is 1. The van der Waals surface area contributed by atoms with Crippen LogP contribution in [0.1, 0.15) is 31.4 Å². The van der Waals surface area contributed by atoms with E-state index in [0.29, 0.717) is 0 Å². The molecule has 13 heteroatoms. The molecule has 1 saturated heterocycles. The summed E-state index contributed by atoms with van der Waals surface area (Å²) in [4.78, 5) is 24.1. The average Bonchev–Trinajstić information content (AvgIpc) is 3.04. The predicted molar refractivity (Wildman–Crippen MR) is 118 cm³/mol. The van der Waals surface area contributed by atoms with Crippen molar-refractivity contribution in [3.63, 3.8) is 0 Å². The van der Waals surface area contributed by atoms with E-state index >= 15 is 0 Å². The molecule has 0 saturated carbocycles. The van der Waals surface area contributed by atoms with Crippen molar-refractivity contribution >= 4 is 23.4 Å². The van der Waals surface area contributed by atoms with Crippen molar-refractivity contribution in [2.45, 2.75) is 51.3 Å². The van der Waals surface area contributed by atoms with E-state index in [4.69, 9.17) is 16.3 Å². The summed E-state index contributed by atoms with van der Waals surface area (Å²) < 4.78 is 83.8. The molecule has 36 heavy (non-hydrogen) atoms. The molecule has 0 aromatic heterocycles. The monoisotopic (exact) mass is 536 g/mol. The zero-order chi connectivity index (χ0) is 27.0. The third-order valence-electron chi connectivity index (χ3n) is 5.84. The Labute approximate surface area is 206 Å². The number of carbonyl (C=O) groups excluding carboxylic acids is 1. The maximum Gasteiger partial charge on any atom is 0.416 e. The molecule has 2 aromatic carbocycles. The number of hydrogen-bond acceptors (Lipinski definition) is 4. The highest BCUT2D eigenvalue weighted by atomic mass is 35.5. The fourth-order valence-corrected chi connectivity index (χ4v) is 3.92. The molecule has 1 heterocycles. The molecule has 1 amide bonds. The number of cyclic esters (lactones) is 1. The number of alkyl halides is 6. The number of rotatable bonds is 6.